The van der Waals surface area contributed by atoms with Gasteiger partial charge in [-0.15, -0.1) is 0 Å². The molecule has 0 aromatic heterocycles. The van der Waals surface area contributed by atoms with Crippen molar-refractivity contribution in [3.63, 3.8) is 0 Å². The molecule has 0 fully saturated rings. The van der Waals surface area contributed by atoms with Crippen LogP contribution in [-0.2, 0) is 11.0 Å². The van der Waals surface area contributed by atoms with Crippen LogP contribution >= 0.6 is 0 Å². The molecule has 0 aliphatic carbocycles. The molecule has 4 nitrogen and oxygen atoms in total. The van der Waals surface area contributed by atoms with E-state index in [0.29, 0.717) is 0 Å². The quantitative estimate of drug-likeness (QED) is 0.847. The molecule has 1 rings (SSSR count). The summed E-state index contributed by atoms with van der Waals surface area (Å²) in [7, 11) is 0. The molecular formula is C15H21F3N2O2. The molecule has 0 aliphatic heterocycles. The number of para-hydroxylation sites is 1. The number of halogens is 3. The number of carbonyl (C=O) groups is 1. The van der Waals surface area contributed by atoms with Crippen molar-refractivity contribution in [3.8, 4) is 5.75 Å². The standard InChI is InChI=1S/C15H21F3N2O2/c1-9(2)13(19)14(21)20-10(3)8-22-12-7-5-4-6-11(12)15(16,17)18/h4-7,9-10,13H,8,19H2,1-3H3,(H,20,21)/t10?,13-/m0/s1. The lowest BCUT2D eigenvalue weighted by Gasteiger charge is -2.21. The first-order chi connectivity index (χ1) is 10.1. The predicted molar refractivity (Wildman–Crippen MR) is 77.4 cm³/mol. The molecule has 1 amide bonds. The first-order valence-corrected chi connectivity index (χ1v) is 6.98. The van der Waals surface area contributed by atoms with Gasteiger partial charge < -0.3 is 15.8 Å². The van der Waals surface area contributed by atoms with Crippen molar-refractivity contribution in [3.05, 3.63) is 29.8 Å². The van der Waals surface area contributed by atoms with E-state index in [0.717, 1.165) is 6.07 Å². The summed E-state index contributed by atoms with van der Waals surface area (Å²) in [5.74, 6) is -0.640. The molecule has 0 aliphatic rings. The van der Waals surface area contributed by atoms with Crippen LogP contribution in [0.4, 0.5) is 13.2 Å². The summed E-state index contributed by atoms with van der Waals surface area (Å²) in [5.41, 5.74) is 4.85. The van der Waals surface area contributed by atoms with Gasteiger partial charge in [0.25, 0.3) is 0 Å². The summed E-state index contributed by atoms with van der Waals surface area (Å²) in [6.45, 7) is 5.18. The van der Waals surface area contributed by atoms with Gasteiger partial charge in [0.2, 0.25) is 5.91 Å². The highest BCUT2D eigenvalue weighted by Crippen LogP contribution is 2.35. The van der Waals surface area contributed by atoms with Gasteiger partial charge in [0.15, 0.2) is 0 Å². The number of carbonyl (C=O) groups excluding carboxylic acids is 1. The van der Waals surface area contributed by atoms with E-state index in [2.05, 4.69) is 5.32 Å². The molecule has 3 N–H and O–H groups in total. The highest BCUT2D eigenvalue weighted by molar-refractivity contribution is 5.81. The van der Waals surface area contributed by atoms with Gasteiger partial charge in [-0.1, -0.05) is 26.0 Å². The number of nitrogens with one attached hydrogen (secondary N) is 1. The van der Waals surface area contributed by atoms with Gasteiger partial charge in [-0.3, -0.25) is 4.79 Å². The Hall–Kier alpha value is -1.76. The van der Waals surface area contributed by atoms with E-state index < -0.39 is 23.8 Å². The summed E-state index contributed by atoms with van der Waals surface area (Å²) >= 11 is 0. The molecule has 7 heteroatoms. The first-order valence-electron chi connectivity index (χ1n) is 6.98. The van der Waals surface area contributed by atoms with E-state index in [1.807, 2.05) is 13.8 Å². The smallest absolute Gasteiger partial charge is 0.419 e. The molecule has 0 heterocycles. The Morgan fingerprint density at radius 1 is 1.27 bits per heavy atom. The van der Waals surface area contributed by atoms with Crippen molar-refractivity contribution in [2.75, 3.05) is 6.61 Å². The van der Waals surface area contributed by atoms with Gasteiger partial charge in [0.1, 0.15) is 12.4 Å². The number of benzene rings is 1. The van der Waals surface area contributed by atoms with Gasteiger partial charge in [-0.2, -0.15) is 13.2 Å². The first kappa shape index (κ1) is 18.3. The van der Waals surface area contributed by atoms with Crippen molar-refractivity contribution in [1.82, 2.24) is 5.32 Å². The highest BCUT2D eigenvalue weighted by atomic mass is 19.4. The molecule has 0 saturated heterocycles. The van der Waals surface area contributed by atoms with Gasteiger partial charge in [-0.25, -0.2) is 0 Å². The fourth-order valence-corrected chi connectivity index (χ4v) is 1.72. The summed E-state index contributed by atoms with van der Waals surface area (Å²) in [6, 6.07) is 3.83. The van der Waals surface area contributed by atoms with Crippen molar-refractivity contribution in [2.45, 2.75) is 39.0 Å². The van der Waals surface area contributed by atoms with Crippen LogP contribution in [0.15, 0.2) is 24.3 Å². The minimum absolute atomic E-state index is 0.0286. The monoisotopic (exact) mass is 318 g/mol. The second-order valence-corrected chi connectivity index (χ2v) is 5.48. The third-order valence-corrected chi connectivity index (χ3v) is 3.09. The van der Waals surface area contributed by atoms with E-state index in [1.54, 1.807) is 6.92 Å². The number of ether oxygens (including phenoxy) is 1. The Labute approximate surface area is 127 Å². The van der Waals surface area contributed by atoms with Crippen LogP contribution in [0, 0.1) is 5.92 Å². The summed E-state index contributed by atoms with van der Waals surface area (Å²) < 4.78 is 43.6. The topological polar surface area (TPSA) is 64.3 Å². The van der Waals surface area contributed by atoms with Crippen molar-refractivity contribution < 1.29 is 22.7 Å². The van der Waals surface area contributed by atoms with Crippen LogP contribution < -0.4 is 15.8 Å². The second kappa shape index (κ2) is 7.49. The molecular weight excluding hydrogens is 297 g/mol. The highest BCUT2D eigenvalue weighted by Gasteiger charge is 2.34. The lowest BCUT2D eigenvalue weighted by molar-refractivity contribution is -0.139. The Bertz CT molecular complexity index is 504. The Kier molecular flexibility index (Phi) is 6.22. The van der Waals surface area contributed by atoms with Gasteiger partial charge in [0.05, 0.1) is 17.6 Å². The maximum Gasteiger partial charge on any atom is 0.419 e. The SMILES string of the molecule is CC(COc1ccccc1C(F)(F)F)NC(=O)[C@@H](N)C(C)C. The Morgan fingerprint density at radius 2 is 1.86 bits per heavy atom. The number of hydrogen-bond acceptors (Lipinski definition) is 3. The molecule has 2 atom stereocenters. The number of alkyl halides is 3. The molecule has 1 aromatic carbocycles. The molecule has 1 aromatic rings. The summed E-state index contributed by atoms with van der Waals surface area (Å²) in [4.78, 5) is 11.8. The molecule has 0 bridgehead atoms. The van der Waals surface area contributed by atoms with Crippen LogP contribution in [0.25, 0.3) is 0 Å². The molecule has 124 valence electrons. The summed E-state index contributed by atoms with van der Waals surface area (Å²) in [5, 5.41) is 2.62. The number of nitrogens with two attached hydrogens (primary N) is 1. The second-order valence-electron chi connectivity index (χ2n) is 5.48. The average Bonchev–Trinajstić information content (AvgIpc) is 2.43. The van der Waals surface area contributed by atoms with E-state index >= 15 is 0 Å². The Balaban J connectivity index is 2.62. The van der Waals surface area contributed by atoms with Crippen molar-refractivity contribution >= 4 is 5.91 Å². The normalized spacial score (nSPS) is 14.5. The van der Waals surface area contributed by atoms with Crippen LogP contribution in [0.2, 0.25) is 0 Å². The zero-order chi connectivity index (χ0) is 16.9. The van der Waals surface area contributed by atoms with Gasteiger partial charge in [-0.05, 0) is 25.0 Å². The largest absolute Gasteiger partial charge is 0.491 e. The van der Waals surface area contributed by atoms with Crippen LogP contribution in [0.5, 0.6) is 5.75 Å². The zero-order valence-electron chi connectivity index (χ0n) is 12.8. The lowest BCUT2D eigenvalue weighted by Crippen LogP contribution is -2.48. The maximum absolute atomic E-state index is 12.8. The minimum Gasteiger partial charge on any atom is -0.491 e. The van der Waals surface area contributed by atoms with E-state index in [9.17, 15) is 18.0 Å². The molecule has 1 unspecified atom stereocenters. The maximum atomic E-state index is 12.8. The molecule has 22 heavy (non-hydrogen) atoms. The van der Waals surface area contributed by atoms with Crippen molar-refractivity contribution in [1.29, 1.82) is 0 Å². The Morgan fingerprint density at radius 3 is 2.41 bits per heavy atom. The number of hydrogen-bond donors (Lipinski definition) is 2. The molecule has 0 spiro atoms. The van der Waals surface area contributed by atoms with Gasteiger partial charge in [0, 0.05) is 0 Å². The van der Waals surface area contributed by atoms with Crippen LogP contribution in [-0.4, -0.2) is 24.6 Å². The third-order valence-electron chi connectivity index (χ3n) is 3.09. The fourth-order valence-electron chi connectivity index (χ4n) is 1.72. The van der Waals surface area contributed by atoms with E-state index in [1.165, 1.54) is 18.2 Å². The zero-order valence-corrected chi connectivity index (χ0v) is 12.8. The predicted octanol–water partition coefficient (Wildman–Crippen LogP) is 2.57. The van der Waals surface area contributed by atoms with Gasteiger partial charge >= 0.3 is 6.18 Å². The molecule has 0 radical (unpaired) electrons. The fraction of sp³-hybridized carbons (Fsp3) is 0.533. The number of rotatable bonds is 6. The van der Waals surface area contributed by atoms with E-state index in [-0.39, 0.29) is 24.2 Å². The lowest BCUT2D eigenvalue weighted by atomic mass is 10.0. The van der Waals surface area contributed by atoms with Crippen LogP contribution in [0.1, 0.15) is 26.3 Å². The number of amides is 1. The van der Waals surface area contributed by atoms with Crippen molar-refractivity contribution in [2.24, 2.45) is 11.7 Å². The third kappa shape index (κ3) is 5.22. The van der Waals surface area contributed by atoms with E-state index in [4.69, 9.17) is 10.5 Å². The van der Waals surface area contributed by atoms with Crippen LogP contribution in [0.3, 0.4) is 0 Å². The summed E-state index contributed by atoms with van der Waals surface area (Å²) in [6.07, 6.45) is -4.48. The minimum atomic E-state index is -4.48. The average molecular weight is 318 g/mol. The molecule has 0 saturated carbocycles.